The van der Waals surface area contributed by atoms with Gasteiger partial charge in [-0.3, -0.25) is 9.48 Å². The monoisotopic (exact) mass is 440 g/mol. The molecule has 4 aromatic rings. The summed E-state index contributed by atoms with van der Waals surface area (Å²) in [4.78, 5) is 12.7. The maximum atomic E-state index is 13.0. The molecule has 0 aliphatic rings. The zero-order chi connectivity index (χ0) is 21.8. The molecule has 1 amide bonds. The van der Waals surface area contributed by atoms with E-state index < -0.39 is 5.91 Å². The lowest BCUT2D eigenvalue weighted by Gasteiger charge is -2.06. The predicted molar refractivity (Wildman–Crippen MR) is 113 cm³/mol. The number of hydrogen-bond acceptors (Lipinski definition) is 5. The van der Waals surface area contributed by atoms with Crippen molar-refractivity contribution in [2.45, 2.75) is 20.1 Å². The van der Waals surface area contributed by atoms with E-state index in [-0.39, 0.29) is 18.1 Å². The van der Waals surface area contributed by atoms with Crippen LogP contribution in [0.4, 0.5) is 10.1 Å². The molecule has 2 aromatic carbocycles. The molecule has 158 valence electrons. The van der Waals surface area contributed by atoms with Crippen molar-refractivity contribution in [2.75, 3.05) is 5.32 Å². The van der Waals surface area contributed by atoms with Crippen LogP contribution in [0, 0.1) is 12.7 Å². The van der Waals surface area contributed by atoms with E-state index in [0.29, 0.717) is 34.3 Å². The third kappa shape index (κ3) is 5.10. The van der Waals surface area contributed by atoms with Crippen LogP contribution in [0.1, 0.15) is 27.4 Å². The number of hydrogen-bond donors (Lipinski definition) is 1. The average molecular weight is 441 g/mol. The van der Waals surface area contributed by atoms with Gasteiger partial charge in [-0.1, -0.05) is 28.9 Å². The van der Waals surface area contributed by atoms with Crippen molar-refractivity contribution in [3.05, 3.63) is 94.3 Å². The van der Waals surface area contributed by atoms with Gasteiger partial charge in [0.15, 0.2) is 5.69 Å². The largest absolute Gasteiger partial charge is 0.489 e. The van der Waals surface area contributed by atoms with Gasteiger partial charge in [-0.2, -0.15) is 5.10 Å². The topological polar surface area (TPSA) is 82.2 Å². The molecule has 9 heteroatoms. The number of aryl methyl sites for hydroxylation is 1. The van der Waals surface area contributed by atoms with E-state index in [4.69, 9.17) is 20.9 Å². The Morgan fingerprint density at radius 1 is 1.19 bits per heavy atom. The fourth-order valence-electron chi connectivity index (χ4n) is 2.91. The molecular weight excluding hydrogens is 423 g/mol. The van der Waals surface area contributed by atoms with Crippen LogP contribution in [-0.2, 0) is 13.2 Å². The Balaban J connectivity index is 1.41. The molecule has 0 aliphatic carbocycles. The van der Waals surface area contributed by atoms with Gasteiger partial charge in [0.1, 0.15) is 23.9 Å². The molecule has 0 saturated heterocycles. The molecule has 7 nitrogen and oxygen atoms in total. The zero-order valence-electron chi connectivity index (χ0n) is 16.5. The van der Waals surface area contributed by atoms with Crippen molar-refractivity contribution >= 4 is 23.2 Å². The number of carbonyl (C=O) groups is 1. The van der Waals surface area contributed by atoms with Gasteiger partial charge in [-0.15, -0.1) is 0 Å². The normalized spacial score (nSPS) is 10.8. The Labute approximate surface area is 182 Å². The molecule has 0 spiro atoms. The van der Waals surface area contributed by atoms with Crippen LogP contribution in [0.25, 0.3) is 0 Å². The Hall–Kier alpha value is -3.65. The summed E-state index contributed by atoms with van der Waals surface area (Å²) in [6.45, 7) is 2.28. The standard InChI is InChI=1S/C22H18ClFN4O3/c1-14-20(13-30-19-8-6-17(24)7-9-19)21(27-31-14)22(29)26-18-10-25-28(12-18)11-15-2-4-16(23)5-3-15/h2-10,12H,11,13H2,1H3,(H,26,29). The van der Waals surface area contributed by atoms with Gasteiger partial charge in [-0.05, 0) is 48.9 Å². The van der Waals surface area contributed by atoms with Gasteiger partial charge in [-0.25, -0.2) is 4.39 Å². The minimum Gasteiger partial charge on any atom is -0.489 e. The second kappa shape index (κ2) is 9.01. The van der Waals surface area contributed by atoms with Crippen LogP contribution in [0.5, 0.6) is 5.75 Å². The summed E-state index contributed by atoms with van der Waals surface area (Å²) >= 11 is 5.90. The number of aromatic nitrogens is 3. The van der Waals surface area contributed by atoms with Gasteiger partial charge in [0, 0.05) is 11.2 Å². The Morgan fingerprint density at radius 3 is 2.68 bits per heavy atom. The molecule has 0 atom stereocenters. The van der Waals surface area contributed by atoms with Crippen LogP contribution in [0.3, 0.4) is 0 Å². The highest BCUT2D eigenvalue weighted by Gasteiger charge is 2.21. The fraction of sp³-hybridized carbons (Fsp3) is 0.136. The van der Waals surface area contributed by atoms with E-state index in [1.54, 1.807) is 24.0 Å². The molecule has 0 saturated carbocycles. The molecule has 0 radical (unpaired) electrons. The number of rotatable bonds is 7. The number of halogens is 2. The average Bonchev–Trinajstić information content (AvgIpc) is 3.35. The third-order valence-electron chi connectivity index (χ3n) is 4.55. The number of carbonyl (C=O) groups excluding carboxylic acids is 1. The van der Waals surface area contributed by atoms with E-state index in [0.717, 1.165) is 5.56 Å². The number of benzene rings is 2. The zero-order valence-corrected chi connectivity index (χ0v) is 17.3. The number of nitrogens with zero attached hydrogens (tertiary/aromatic N) is 3. The highest BCUT2D eigenvalue weighted by molar-refractivity contribution is 6.30. The van der Waals surface area contributed by atoms with Crippen LogP contribution < -0.4 is 10.1 Å². The second-order valence-corrected chi connectivity index (χ2v) is 7.25. The molecule has 4 rings (SSSR count). The van der Waals surface area contributed by atoms with Crippen LogP contribution in [0.2, 0.25) is 5.02 Å². The minimum atomic E-state index is -0.444. The van der Waals surface area contributed by atoms with Crippen molar-refractivity contribution in [1.82, 2.24) is 14.9 Å². The summed E-state index contributed by atoms with van der Waals surface area (Å²) in [5.41, 5.74) is 2.17. The van der Waals surface area contributed by atoms with Crippen LogP contribution in [0.15, 0.2) is 65.4 Å². The molecule has 0 fully saturated rings. The molecule has 1 N–H and O–H groups in total. The first-order valence-corrected chi connectivity index (χ1v) is 9.77. The molecular formula is C22H18ClFN4O3. The molecule has 0 unspecified atom stereocenters. The number of anilines is 1. The van der Waals surface area contributed by atoms with Gasteiger partial charge < -0.3 is 14.6 Å². The Kier molecular flexibility index (Phi) is 5.99. The molecule has 2 heterocycles. The van der Waals surface area contributed by atoms with E-state index in [1.165, 1.54) is 24.3 Å². The number of nitrogens with one attached hydrogen (secondary N) is 1. The van der Waals surface area contributed by atoms with Gasteiger partial charge in [0.25, 0.3) is 5.91 Å². The third-order valence-corrected chi connectivity index (χ3v) is 4.80. The summed E-state index contributed by atoms with van der Waals surface area (Å²) in [5, 5.41) is 11.5. The highest BCUT2D eigenvalue weighted by atomic mass is 35.5. The second-order valence-electron chi connectivity index (χ2n) is 6.82. The molecule has 31 heavy (non-hydrogen) atoms. The minimum absolute atomic E-state index is 0.0551. The van der Waals surface area contributed by atoms with Crippen molar-refractivity contribution in [1.29, 1.82) is 0 Å². The lowest BCUT2D eigenvalue weighted by atomic mass is 10.2. The summed E-state index contributed by atoms with van der Waals surface area (Å²) in [6, 6.07) is 13.1. The first-order valence-electron chi connectivity index (χ1n) is 9.40. The predicted octanol–water partition coefficient (Wildman–Crippen LogP) is 4.85. The first kappa shape index (κ1) is 20.6. The van der Waals surface area contributed by atoms with Crippen LogP contribution in [-0.4, -0.2) is 20.8 Å². The Bertz CT molecular complexity index is 1190. The van der Waals surface area contributed by atoms with Crippen molar-refractivity contribution in [3.8, 4) is 5.75 Å². The molecule has 0 aliphatic heterocycles. The van der Waals surface area contributed by atoms with Gasteiger partial charge in [0.2, 0.25) is 0 Å². The van der Waals surface area contributed by atoms with E-state index in [9.17, 15) is 9.18 Å². The molecule has 2 aromatic heterocycles. The summed E-state index contributed by atoms with van der Waals surface area (Å²) in [7, 11) is 0. The smallest absolute Gasteiger partial charge is 0.278 e. The van der Waals surface area contributed by atoms with Crippen molar-refractivity contribution < 1.29 is 18.4 Å². The lowest BCUT2D eigenvalue weighted by molar-refractivity contribution is 0.101. The highest BCUT2D eigenvalue weighted by Crippen LogP contribution is 2.20. The van der Waals surface area contributed by atoms with E-state index in [1.807, 2.05) is 24.3 Å². The van der Waals surface area contributed by atoms with Crippen molar-refractivity contribution in [3.63, 3.8) is 0 Å². The number of amides is 1. The molecule has 0 bridgehead atoms. The SMILES string of the molecule is Cc1onc(C(=O)Nc2cnn(Cc3ccc(Cl)cc3)c2)c1COc1ccc(F)cc1. The van der Waals surface area contributed by atoms with E-state index >= 15 is 0 Å². The lowest BCUT2D eigenvalue weighted by Crippen LogP contribution is -2.15. The summed E-state index contributed by atoms with van der Waals surface area (Å²) in [5.74, 6) is 0.133. The number of ether oxygens (including phenoxy) is 1. The maximum absolute atomic E-state index is 13.0. The van der Waals surface area contributed by atoms with Crippen molar-refractivity contribution in [2.24, 2.45) is 0 Å². The first-order chi connectivity index (χ1) is 15.0. The quantitative estimate of drug-likeness (QED) is 0.444. The Morgan fingerprint density at radius 2 is 1.94 bits per heavy atom. The van der Waals surface area contributed by atoms with Crippen LogP contribution >= 0.6 is 11.6 Å². The fourth-order valence-corrected chi connectivity index (χ4v) is 3.03. The summed E-state index contributed by atoms with van der Waals surface area (Å²) in [6.07, 6.45) is 3.27. The van der Waals surface area contributed by atoms with Gasteiger partial charge in [0.05, 0.1) is 24.0 Å². The van der Waals surface area contributed by atoms with Gasteiger partial charge >= 0.3 is 0 Å². The van der Waals surface area contributed by atoms with E-state index in [2.05, 4.69) is 15.6 Å². The summed E-state index contributed by atoms with van der Waals surface area (Å²) < 4.78 is 25.5. The maximum Gasteiger partial charge on any atom is 0.278 e.